The van der Waals surface area contributed by atoms with Crippen molar-refractivity contribution in [3.05, 3.63) is 34.9 Å². The van der Waals surface area contributed by atoms with Gasteiger partial charge in [0.05, 0.1) is 11.5 Å². The van der Waals surface area contributed by atoms with Gasteiger partial charge in [0.1, 0.15) is 0 Å². The molecule has 0 fully saturated rings. The van der Waals surface area contributed by atoms with E-state index in [1.165, 1.54) is 34.9 Å². The molecular weight excluding hydrogens is 456 g/mol. The normalized spacial score (nSPS) is 10.7. The van der Waals surface area contributed by atoms with E-state index in [4.69, 9.17) is 0 Å². The number of carbonyl (C=O) groups is 2. The van der Waals surface area contributed by atoms with E-state index in [9.17, 15) is 9.59 Å². The third-order valence-electron chi connectivity index (χ3n) is 3.51. The number of nitrogens with zero attached hydrogens (tertiary/aromatic N) is 6. The van der Waals surface area contributed by atoms with Crippen LogP contribution >= 0.6 is 34.9 Å². The minimum Gasteiger partial charge on any atom is -0.294 e. The van der Waals surface area contributed by atoms with Crippen molar-refractivity contribution in [3.8, 4) is 0 Å². The smallest absolute Gasteiger partial charge is 0.237 e. The third kappa shape index (κ3) is 7.52. The van der Waals surface area contributed by atoms with E-state index >= 15 is 0 Å². The van der Waals surface area contributed by atoms with Crippen LogP contribution in [0.2, 0.25) is 0 Å². The van der Waals surface area contributed by atoms with Gasteiger partial charge in [0.2, 0.25) is 23.7 Å². The van der Waals surface area contributed by atoms with E-state index in [1.54, 1.807) is 0 Å². The molecule has 10 nitrogen and oxygen atoms in total. The third-order valence-corrected chi connectivity index (χ3v) is 6.70. The molecule has 0 saturated heterocycles. The van der Waals surface area contributed by atoms with Crippen LogP contribution in [-0.4, -0.2) is 53.5 Å². The minimum absolute atomic E-state index is 0.153. The van der Waals surface area contributed by atoms with Gasteiger partial charge < -0.3 is 0 Å². The summed E-state index contributed by atoms with van der Waals surface area (Å²) in [6.45, 7) is 7.37. The molecule has 3 heterocycles. The topological polar surface area (TPSA) is 136 Å². The van der Waals surface area contributed by atoms with Crippen LogP contribution in [0.1, 0.15) is 22.8 Å². The highest BCUT2D eigenvalue weighted by molar-refractivity contribution is 8.03. The van der Waals surface area contributed by atoms with Gasteiger partial charge >= 0.3 is 0 Å². The minimum atomic E-state index is -0.229. The van der Waals surface area contributed by atoms with Crippen molar-refractivity contribution in [2.24, 2.45) is 0 Å². The highest BCUT2D eigenvalue weighted by atomic mass is 32.2. The Morgan fingerprint density at radius 2 is 1.10 bits per heavy atom. The molecule has 2 amide bonds. The Balaban J connectivity index is 1.44. The van der Waals surface area contributed by atoms with Crippen LogP contribution in [0.25, 0.3) is 0 Å². The molecule has 0 aliphatic carbocycles. The number of hydrogen-bond donors (Lipinski definition) is 2. The Morgan fingerprint density at radius 1 is 0.742 bits per heavy atom. The number of aryl methyl sites for hydroxylation is 4. The number of aromatic nitrogens is 6. The van der Waals surface area contributed by atoms with Crippen molar-refractivity contribution < 1.29 is 9.59 Å². The number of thioether (sulfide) groups is 2. The highest BCUT2D eigenvalue weighted by Crippen LogP contribution is 2.28. The lowest BCUT2D eigenvalue weighted by atomic mass is 10.4. The standard InChI is InChI=1S/C18H20N8O2S3/c1-9-5-10(2)20-15(19-9)23-13(27)7-29-17-25-26-18(31-17)30-8-14(28)24-16-21-11(3)6-12(4)22-16/h5-6H,7-8H2,1-4H3,(H,19,20,23,27)(H,21,22,24,28). The lowest BCUT2D eigenvalue weighted by Crippen LogP contribution is -2.16. The molecule has 0 aliphatic rings. The zero-order chi connectivity index (χ0) is 22.4. The van der Waals surface area contributed by atoms with Crippen LogP contribution in [0, 0.1) is 27.7 Å². The maximum atomic E-state index is 12.1. The summed E-state index contributed by atoms with van der Waals surface area (Å²) in [6.07, 6.45) is 0. The van der Waals surface area contributed by atoms with E-state index < -0.39 is 0 Å². The second-order valence-corrected chi connectivity index (χ2v) is 9.88. The van der Waals surface area contributed by atoms with E-state index in [0.717, 1.165) is 22.8 Å². The molecule has 3 aromatic heterocycles. The molecular formula is C18H20N8O2S3. The molecule has 0 atom stereocenters. The molecule has 0 aliphatic heterocycles. The second-order valence-electron chi connectivity index (χ2n) is 6.46. The number of nitrogens with one attached hydrogen (secondary N) is 2. The van der Waals surface area contributed by atoms with E-state index in [1.807, 2.05) is 39.8 Å². The molecule has 0 saturated carbocycles. The molecule has 2 N–H and O–H groups in total. The highest BCUT2D eigenvalue weighted by Gasteiger charge is 2.12. The van der Waals surface area contributed by atoms with Gasteiger partial charge in [0.25, 0.3) is 0 Å². The Labute approximate surface area is 191 Å². The second kappa shape index (κ2) is 10.6. The Hall–Kier alpha value is -2.64. The van der Waals surface area contributed by atoms with Crippen LogP contribution in [0.15, 0.2) is 20.8 Å². The summed E-state index contributed by atoms with van der Waals surface area (Å²) in [7, 11) is 0. The van der Waals surface area contributed by atoms with Crippen molar-refractivity contribution in [1.29, 1.82) is 0 Å². The van der Waals surface area contributed by atoms with Crippen LogP contribution in [0.4, 0.5) is 11.9 Å². The Morgan fingerprint density at radius 3 is 1.45 bits per heavy atom. The number of carbonyl (C=O) groups excluding carboxylic acids is 2. The van der Waals surface area contributed by atoms with Crippen molar-refractivity contribution in [2.75, 3.05) is 22.1 Å². The van der Waals surface area contributed by atoms with Gasteiger partial charge in [-0.15, -0.1) is 10.2 Å². The summed E-state index contributed by atoms with van der Waals surface area (Å²) in [5.41, 5.74) is 3.15. The summed E-state index contributed by atoms with van der Waals surface area (Å²) < 4.78 is 1.27. The maximum absolute atomic E-state index is 12.1. The Bertz CT molecular complexity index is 981. The molecule has 31 heavy (non-hydrogen) atoms. The molecule has 0 unspecified atom stereocenters. The number of amides is 2. The molecule has 13 heteroatoms. The quantitative estimate of drug-likeness (QED) is 0.467. The van der Waals surface area contributed by atoms with Crippen molar-refractivity contribution in [1.82, 2.24) is 30.1 Å². The molecule has 3 rings (SSSR count). The van der Waals surface area contributed by atoms with Gasteiger partial charge in [-0.1, -0.05) is 34.9 Å². The first-order valence-electron chi connectivity index (χ1n) is 9.10. The Kier molecular flexibility index (Phi) is 7.87. The fraction of sp³-hybridized carbons (Fsp3) is 0.333. The summed E-state index contributed by atoms with van der Waals surface area (Å²) >= 11 is 3.84. The molecule has 162 valence electrons. The first-order valence-corrected chi connectivity index (χ1v) is 11.9. The summed E-state index contributed by atoms with van der Waals surface area (Å²) in [4.78, 5) is 41.0. The summed E-state index contributed by atoms with van der Waals surface area (Å²) in [5, 5.41) is 13.5. The van der Waals surface area contributed by atoms with E-state index in [2.05, 4.69) is 40.8 Å². The molecule has 0 bridgehead atoms. The first-order chi connectivity index (χ1) is 14.8. The van der Waals surface area contributed by atoms with E-state index in [0.29, 0.717) is 8.68 Å². The number of rotatable bonds is 8. The lowest BCUT2D eigenvalue weighted by molar-refractivity contribution is -0.114. The molecule has 0 spiro atoms. The predicted molar refractivity (Wildman–Crippen MR) is 122 cm³/mol. The maximum Gasteiger partial charge on any atom is 0.237 e. The van der Waals surface area contributed by atoms with Crippen LogP contribution in [0.3, 0.4) is 0 Å². The number of hydrogen-bond acceptors (Lipinski definition) is 11. The summed E-state index contributed by atoms with van der Waals surface area (Å²) in [5.74, 6) is 0.422. The average Bonchev–Trinajstić information content (AvgIpc) is 3.11. The number of anilines is 2. The predicted octanol–water partition coefficient (Wildman–Crippen LogP) is 2.81. The zero-order valence-corrected chi connectivity index (χ0v) is 19.7. The van der Waals surface area contributed by atoms with Crippen LogP contribution in [0.5, 0.6) is 0 Å². The monoisotopic (exact) mass is 476 g/mol. The van der Waals surface area contributed by atoms with Gasteiger partial charge in [0.15, 0.2) is 8.68 Å². The fourth-order valence-corrected chi connectivity index (χ4v) is 5.07. The van der Waals surface area contributed by atoms with Gasteiger partial charge in [-0.3, -0.25) is 20.2 Å². The molecule has 0 aromatic carbocycles. The zero-order valence-electron chi connectivity index (χ0n) is 17.3. The van der Waals surface area contributed by atoms with Gasteiger partial charge in [-0.05, 0) is 39.8 Å². The first kappa shape index (κ1) is 23.0. The van der Waals surface area contributed by atoms with Crippen LogP contribution < -0.4 is 10.6 Å². The van der Waals surface area contributed by atoms with Gasteiger partial charge in [-0.25, -0.2) is 19.9 Å². The lowest BCUT2D eigenvalue weighted by Gasteiger charge is -2.04. The molecule has 0 radical (unpaired) electrons. The van der Waals surface area contributed by atoms with Crippen molar-refractivity contribution in [3.63, 3.8) is 0 Å². The van der Waals surface area contributed by atoms with Crippen molar-refractivity contribution >= 4 is 58.6 Å². The largest absolute Gasteiger partial charge is 0.294 e. The van der Waals surface area contributed by atoms with E-state index in [-0.39, 0.29) is 35.2 Å². The van der Waals surface area contributed by atoms with Gasteiger partial charge in [-0.2, -0.15) is 0 Å². The molecule has 3 aromatic rings. The summed E-state index contributed by atoms with van der Waals surface area (Å²) in [6, 6.07) is 3.67. The van der Waals surface area contributed by atoms with Crippen molar-refractivity contribution in [2.45, 2.75) is 36.4 Å². The van der Waals surface area contributed by atoms with Gasteiger partial charge in [0, 0.05) is 22.8 Å². The average molecular weight is 477 g/mol. The SMILES string of the molecule is Cc1cc(C)nc(NC(=O)CSc2nnc(SCC(=O)Nc3nc(C)cc(C)n3)s2)n1. The fourth-order valence-electron chi connectivity index (χ4n) is 2.45. The van der Waals surface area contributed by atoms with Crippen LogP contribution in [-0.2, 0) is 9.59 Å².